The zero-order chi connectivity index (χ0) is 15.2. The average molecular weight is 295 g/mol. The second-order valence-electron chi connectivity index (χ2n) is 5.23. The number of hydrogen-bond acceptors (Lipinski definition) is 6. The molecule has 21 heavy (non-hydrogen) atoms. The molecule has 1 aromatic carbocycles. The molecule has 2 heterocycles. The third-order valence-electron chi connectivity index (χ3n) is 3.88. The summed E-state index contributed by atoms with van der Waals surface area (Å²) in [7, 11) is 0. The second kappa shape index (κ2) is 5.06. The zero-order valence-corrected chi connectivity index (χ0v) is 11.0. The van der Waals surface area contributed by atoms with Gasteiger partial charge in [0.05, 0.1) is 12.3 Å². The lowest BCUT2D eigenvalue weighted by Gasteiger charge is -2.44. The Labute approximate surface area is 120 Å². The van der Waals surface area contributed by atoms with Crippen LogP contribution in [0.1, 0.15) is 5.69 Å². The quantitative estimate of drug-likeness (QED) is 0.413. The maximum Gasteiger partial charge on any atom is 0.237 e. The number of fused-ring (bicyclic) bond motifs is 1. The zero-order valence-electron chi connectivity index (χ0n) is 11.0. The van der Waals surface area contributed by atoms with Gasteiger partial charge in [0.2, 0.25) is 5.79 Å². The number of nitrogens with one attached hydrogen (secondary N) is 1. The normalized spacial score (nSPS) is 37.0. The average Bonchev–Trinajstić information content (AvgIpc) is 2.93. The monoisotopic (exact) mass is 295 g/mol. The number of para-hydroxylation sites is 1. The van der Waals surface area contributed by atoms with Crippen LogP contribution in [0, 0.1) is 0 Å². The van der Waals surface area contributed by atoms with E-state index in [-0.39, 0.29) is 5.69 Å². The van der Waals surface area contributed by atoms with E-state index >= 15 is 0 Å². The van der Waals surface area contributed by atoms with Gasteiger partial charge in [-0.15, -0.1) is 0 Å². The van der Waals surface area contributed by atoms with Crippen molar-refractivity contribution < 1.29 is 30.3 Å². The standard InChI is InChI=1S/C14H17NO6/c16-6-9-11(17)12(18)13(19)14(20,21-9)10-5-7-3-1-2-4-8(7)15-10/h1-5,9,11-13,15-20H,6H2/t9-,11+,12+,13-,14+/m1/s1. The summed E-state index contributed by atoms with van der Waals surface area (Å²) >= 11 is 0. The summed E-state index contributed by atoms with van der Waals surface area (Å²) in [6.45, 7) is -0.604. The van der Waals surface area contributed by atoms with Crippen molar-refractivity contribution in [2.45, 2.75) is 30.2 Å². The first-order valence-corrected chi connectivity index (χ1v) is 6.61. The van der Waals surface area contributed by atoms with Gasteiger partial charge < -0.3 is 35.3 Å². The fraction of sp³-hybridized carbons (Fsp3) is 0.429. The molecule has 0 aliphatic carbocycles. The molecule has 3 rings (SSSR count). The summed E-state index contributed by atoms with van der Waals surface area (Å²) in [6.07, 6.45) is -6.11. The maximum absolute atomic E-state index is 10.6. The number of benzene rings is 1. The van der Waals surface area contributed by atoms with Crippen molar-refractivity contribution in [1.29, 1.82) is 0 Å². The van der Waals surface area contributed by atoms with Crippen LogP contribution in [0.4, 0.5) is 0 Å². The van der Waals surface area contributed by atoms with Crippen LogP contribution in [0.25, 0.3) is 10.9 Å². The first-order chi connectivity index (χ1) is 9.97. The van der Waals surface area contributed by atoms with Gasteiger partial charge in [0.15, 0.2) is 0 Å². The number of rotatable bonds is 2. The topological polar surface area (TPSA) is 126 Å². The van der Waals surface area contributed by atoms with Crippen LogP contribution in [0.2, 0.25) is 0 Å². The van der Waals surface area contributed by atoms with E-state index in [1.54, 1.807) is 18.2 Å². The Morgan fingerprint density at radius 3 is 2.52 bits per heavy atom. The van der Waals surface area contributed by atoms with E-state index in [0.29, 0.717) is 0 Å². The molecule has 7 heteroatoms. The largest absolute Gasteiger partial charge is 0.394 e. The number of aliphatic hydroxyl groups excluding tert-OH is 4. The predicted molar refractivity (Wildman–Crippen MR) is 72.2 cm³/mol. The summed E-state index contributed by atoms with van der Waals surface area (Å²) < 4.78 is 5.25. The third-order valence-corrected chi connectivity index (χ3v) is 3.88. The van der Waals surface area contributed by atoms with Gasteiger partial charge in [-0.25, -0.2) is 0 Å². The Balaban J connectivity index is 2.05. The Hall–Kier alpha value is -1.48. The molecule has 0 saturated carbocycles. The van der Waals surface area contributed by atoms with Crippen molar-refractivity contribution in [2.24, 2.45) is 0 Å². The molecule has 0 radical (unpaired) electrons. The minimum Gasteiger partial charge on any atom is -0.394 e. The van der Waals surface area contributed by atoms with Crippen LogP contribution in [0.15, 0.2) is 30.3 Å². The smallest absolute Gasteiger partial charge is 0.237 e. The van der Waals surface area contributed by atoms with E-state index in [1.807, 2.05) is 12.1 Å². The lowest BCUT2D eigenvalue weighted by molar-refractivity contribution is -0.359. The highest BCUT2D eigenvalue weighted by atomic mass is 16.7. The molecule has 1 fully saturated rings. The molecule has 0 spiro atoms. The van der Waals surface area contributed by atoms with E-state index in [0.717, 1.165) is 10.9 Å². The molecule has 1 saturated heterocycles. The molecule has 5 atom stereocenters. The minimum atomic E-state index is -2.24. The number of aliphatic hydroxyl groups is 5. The van der Waals surface area contributed by atoms with Gasteiger partial charge in [-0.2, -0.15) is 0 Å². The molecule has 6 N–H and O–H groups in total. The molecular formula is C14H17NO6. The van der Waals surface area contributed by atoms with Crippen LogP contribution >= 0.6 is 0 Å². The summed E-state index contributed by atoms with van der Waals surface area (Å²) in [5.74, 6) is -2.24. The lowest BCUT2D eigenvalue weighted by atomic mass is 9.91. The first kappa shape index (κ1) is 14.5. The van der Waals surface area contributed by atoms with E-state index in [4.69, 9.17) is 4.74 Å². The minimum absolute atomic E-state index is 0.139. The number of ether oxygens (including phenoxy) is 1. The van der Waals surface area contributed by atoms with Crippen molar-refractivity contribution in [2.75, 3.05) is 6.61 Å². The Bertz CT molecular complexity index is 608. The van der Waals surface area contributed by atoms with Gasteiger partial charge in [0.1, 0.15) is 24.4 Å². The third kappa shape index (κ3) is 2.15. The van der Waals surface area contributed by atoms with Crippen LogP contribution in [0.5, 0.6) is 0 Å². The highest BCUT2D eigenvalue weighted by Gasteiger charge is 2.54. The van der Waals surface area contributed by atoms with Crippen molar-refractivity contribution >= 4 is 10.9 Å². The summed E-state index contributed by atoms with van der Waals surface area (Å²) in [5.41, 5.74) is 0.860. The molecule has 2 aromatic rings. The molecule has 0 unspecified atom stereocenters. The van der Waals surface area contributed by atoms with Crippen LogP contribution in [-0.4, -0.2) is 61.5 Å². The van der Waals surface area contributed by atoms with Gasteiger partial charge in [-0.1, -0.05) is 18.2 Å². The lowest BCUT2D eigenvalue weighted by Crippen LogP contribution is -2.63. The van der Waals surface area contributed by atoms with Crippen LogP contribution in [-0.2, 0) is 10.5 Å². The van der Waals surface area contributed by atoms with Gasteiger partial charge in [-0.05, 0) is 17.5 Å². The van der Waals surface area contributed by atoms with E-state index in [9.17, 15) is 25.5 Å². The van der Waals surface area contributed by atoms with Gasteiger partial charge in [0.25, 0.3) is 0 Å². The van der Waals surface area contributed by atoms with Crippen molar-refractivity contribution in [1.82, 2.24) is 4.98 Å². The van der Waals surface area contributed by atoms with Crippen molar-refractivity contribution in [3.63, 3.8) is 0 Å². The molecule has 0 amide bonds. The molecular weight excluding hydrogens is 278 g/mol. The van der Waals surface area contributed by atoms with Crippen LogP contribution in [0.3, 0.4) is 0 Å². The predicted octanol–water partition coefficient (Wildman–Crippen LogP) is -1.21. The SMILES string of the molecule is OC[C@H]1O[C@@](O)(c2cc3ccccc3[nH]2)[C@H](O)[C@@H](O)[C@H]1O. The Kier molecular flexibility index (Phi) is 3.48. The first-order valence-electron chi connectivity index (χ1n) is 6.61. The van der Waals surface area contributed by atoms with Gasteiger partial charge in [0, 0.05) is 5.52 Å². The molecule has 7 nitrogen and oxygen atoms in total. The van der Waals surface area contributed by atoms with E-state index < -0.39 is 36.8 Å². The van der Waals surface area contributed by atoms with Crippen molar-refractivity contribution in [3.05, 3.63) is 36.0 Å². The summed E-state index contributed by atoms with van der Waals surface area (Å²) in [6, 6.07) is 8.80. The summed E-state index contributed by atoms with van der Waals surface area (Å²) in [5, 5.41) is 50.2. The van der Waals surface area contributed by atoms with Crippen molar-refractivity contribution in [3.8, 4) is 0 Å². The number of aromatic amines is 1. The molecule has 114 valence electrons. The number of aromatic nitrogens is 1. The van der Waals surface area contributed by atoms with E-state index in [2.05, 4.69) is 4.98 Å². The fourth-order valence-corrected chi connectivity index (χ4v) is 2.64. The molecule has 0 bridgehead atoms. The number of hydrogen-bond donors (Lipinski definition) is 6. The number of H-pyrrole nitrogens is 1. The maximum atomic E-state index is 10.6. The van der Waals surface area contributed by atoms with E-state index in [1.165, 1.54) is 0 Å². The molecule has 1 aromatic heterocycles. The Morgan fingerprint density at radius 2 is 1.86 bits per heavy atom. The van der Waals surface area contributed by atoms with Gasteiger partial charge >= 0.3 is 0 Å². The summed E-state index contributed by atoms with van der Waals surface area (Å²) in [4.78, 5) is 2.91. The molecule has 1 aliphatic heterocycles. The second-order valence-corrected chi connectivity index (χ2v) is 5.23. The Morgan fingerprint density at radius 1 is 1.14 bits per heavy atom. The molecule has 1 aliphatic rings. The van der Waals surface area contributed by atoms with Crippen LogP contribution < -0.4 is 0 Å². The highest BCUT2D eigenvalue weighted by molar-refractivity contribution is 5.80. The van der Waals surface area contributed by atoms with Gasteiger partial charge in [-0.3, -0.25) is 0 Å². The fourth-order valence-electron chi connectivity index (χ4n) is 2.64. The highest BCUT2D eigenvalue weighted by Crippen LogP contribution is 2.36.